The minimum absolute atomic E-state index is 0.594. The number of aromatic nitrogens is 2. The summed E-state index contributed by atoms with van der Waals surface area (Å²) in [5, 5.41) is 1.91. The molecule has 3 aromatic rings. The Labute approximate surface area is 161 Å². The first kappa shape index (κ1) is 17.0. The number of benzene rings is 1. The molecule has 0 radical (unpaired) electrons. The average Bonchev–Trinajstić information content (AvgIpc) is 2.99. The van der Waals surface area contributed by atoms with Gasteiger partial charge in [0.05, 0.1) is 20.8 Å². The van der Waals surface area contributed by atoms with Crippen molar-refractivity contribution in [2.75, 3.05) is 31.1 Å². The van der Waals surface area contributed by atoms with Gasteiger partial charge in [0.2, 0.25) is 0 Å². The van der Waals surface area contributed by atoms with Crippen molar-refractivity contribution >= 4 is 46.1 Å². The van der Waals surface area contributed by atoms with Gasteiger partial charge < -0.3 is 9.30 Å². The quantitative estimate of drug-likeness (QED) is 0.647. The molecule has 4 nitrogen and oxygen atoms in total. The van der Waals surface area contributed by atoms with Gasteiger partial charge in [-0.15, -0.1) is 0 Å². The van der Waals surface area contributed by atoms with E-state index in [9.17, 15) is 0 Å². The molecule has 3 heterocycles. The van der Waals surface area contributed by atoms with Crippen molar-refractivity contribution in [2.45, 2.75) is 6.54 Å². The van der Waals surface area contributed by atoms with E-state index in [2.05, 4.69) is 14.8 Å². The summed E-state index contributed by atoms with van der Waals surface area (Å²) in [6, 6.07) is 9.62. The smallest absolute Gasteiger partial charge is 0.137 e. The van der Waals surface area contributed by atoms with Crippen LogP contribution in [0.4, 0.5) is 5.69 Å². The van der Waals surface area contributed by atoms with Crippen LogP contribution in [0.2, 0.25) is 15.1 Å². The normalized spacial score (nSPS) is 15.9. The highest BCUT2D eigenvalue weighted by Gasteiger charge is 2.19. The van der Waals surface area contributed by atoms with Crippen molar-refractivity contribution in [3.05, 3.63) is 63.5 Å². The second kappa shape index (κ2) is 7.04. The number of rotatable bonds is 3. The van der Waals surface area contributed by atoms with Gasteiger partial charge in [-0.1, -0.05) is 34.8 Å². The van der Waals surface area contributed by atoms with E-state index in [1.807, 2.05) is 47.1 Å². The molecule has 0 N–H and O–H groups in total. The largest absolute Gasteiger partial charge is 0.369 e. The number of nitrogens with zero attached hydrogens (tertiary/aromatic N) is 4. The predicted molar refractivity (Wildman–Crippen MR) is 104 cm³/mol. The van der Waals surface area contributed by atoms with Crippen LogP contribution >= 0.6 is 34.8 Å². The third-order valence-corrected chi connectivity index (χ3v) is 5.45. The van der Waals surface area contributed by atoms with Gasteiger partial charge in [0.1, 0.15) is 5.65 Å². The standard InChI is InChI=1S/C18H17Cl3N4/c19-13-1-4-18-22-14(12-25(18)10-13)11-23-5-7-24(8-6-23)15-2-3-16(20)17(21)9-15/h1-4,9-10,12H,5-8,11H2. The zero-order valence-corrected chi connectivity index (χ0v) is 15.8. The summed E-state index contributed by atoms with van der Waals surface area (Å²) >= 11 is 18.2. The minimum Gasteiger partial charge on any atom is -0.369 e. The van der Waals surface area contributed by atoms with Crippen LogP contribution in [0.1, 0.15) is 5.69 Å². The van der Waals surface area contributed by atoms with E-state index < -0.39 is 0 Å². The van der Waals surface area contributed by atoms with Crippen molar-refractivity contribution in [1.82, 2.24) is 14.3 Å². The van der Waals surface area contributed by atoms with Crippen LogP contribution in [-0.4, -0.2) is 40.5 Å². The molecule has 4 rings (SSSR count). The predicted octanol–water partition coefficient (Wildman–Crippen LogP) is 4.62. The number of pyridine rings is 1. The summed E-state index contributed by atoms with van der Waals surface area (Å²) in [4.78, 5) is 9.41. The second-order valence-corrected chi connectivity index (χ2v) is 7.46. The molecule has 1 saturated heterocycles. The van der Waals surface area contributed by atoms with Crippen LogP contribution in [0.5, 0.6) is 0 Å². The molecule has 0 bridgehead atoms. The van der Waals surface area contributed by atoms with Gasteiger partial charge in [-0.05, 0) is 30.3 Å². The Hall–Kier alpha value is -1.46. The van der Waals surface area contributed by atoms with Gasteiger partial charge in [0, 0.05) is 50.8 Å². The molecule has 7 heteroatoms. The molecule has 0 amide bonds. The van der Waals surface area contributed by atoms with E-state index in [4.69, 9.17) is 34.8 Å². The van der Waals surface area contributed by atoms with E-state index in [0.717, 1.165) is 49.8 Å². The fourth-order valence-electron chi connectivity index (χ4n) is 3.17. The molecule has 2 aromatic heterocycles. The van der Waals surface area contributed by atoms with Crippen molar-refractivity contribution in [2.24, 2.45) is 0 Å². The van der Waals surface area contributed by atoms with E-state index in [1.165, 1.54) is 0 Å². The number of anilines is 1. The lowest BCUT2D eigenvalue weighted by atomic mass is 10.2. The molecule has 0 saturated carbocycles. The van der Waals surface area contributed by atoms with Gasteiger partial charge in [-0.25, -0.2) is 4.98 Å². The zero-order valence-electron chi connectivity index (χ0n) is 13.5. The highest BCUT2D eigenvalue weighted by Crippen LogP contribution is 2.28. The third kappa shape index (κ3) is 3.72. The van der Waals surface area contributed by atoms with Crippen molar-refractivity contribution in [1.29, 1.82) is 0 Å². The van der Waals surface area contributed by atoms with Crippen LogP contribution in [0.15, 0.2) is 42.7 Å². The van der Waals surface area contributed by atoms with Gasteiger partial charge >= 0.3 is 0 Å². The lowest BCUT2D eigenvalue weighted by molar-refractivity contribution is 0.247. The SMILES string of the molecule is Clc1ccc2nc(CN3CCN(c4ccc(Cl)c(Cl)c4)CC3)cn2c1. The molecule has 0 atom stereocenters. The van der Waals surface area contributed by atoms with Crippen LogP contribution in [0.25, 0.3) is 5.65 Å². The summed E-state index contributed by atoms with van der Waals surface area (Å²) in [5.41, 5.74) is 3.11. The number of hydrogen-bond donors (Lipinski definition) is 0. The molecule has 1 aliphatic heterocycles. The molecule has 1 aromatic carbocycles. The monoisotopic (exact) mass is 394 g/mol. The second-order valence-electron chi connectivity index (χ2n) is 6.21. The first-order valence-electron chi connectivity index (χ1n) is 8.14. The van der Waals surface area contributed by atoms with Gasteiger partial charge in [-0.2, -0.15) is 0 Å². The summed E-state index contributed by atoms with van der Waals surface area (Å²) in [5.74, 6) is 0. The van der Waals surface area contributed by atoms with Crippen LogP contribution in [-0.2, 0) is 6.54 Å². The Bertz CT molecular complexity index is 900. The van der Waals surface area contributed by atoms with E-state index >= 15 is 0 Å². The molecule has 0 aliphatic carbocycles. The van der Waals surface area contributed by atoms with Crippen molar-refractivity contribution < 1.29 is 0 Å². The highest BCUT2D eigenvalue weighted by molar-refractivity contribution is 6.42. The lowest BCUT2D eigenvalue weighted by Crippen LogP contribution is -2.46. The molecule has 0 spiro atoms. The van der Waals surface area contributed by atoms with E-state index in [1.54, 1.807) is 0 Å². The Morgan fingerprint density at radius 2 is 1.68 bits per heavy atom. The Morgan fingerprint density at radius 3 is 2.44 bits per heavy atom. The van der Waals surface area contributed by atoms with E-state index in [-0.39, 0.29) is 0 Å². The molecule has 25 heavy (non-hydrogen) atoms. The molecule has 0 unspecified atom stereocenters. The molecular formula is C18H17Cl3N4. The van der Waals surface area contributed by atoms with Gasteiger partial charge in [-0.3, -0.25) is 4.90 Å². The summed E-state index contributed by atoms with van der Waals surface area (Å²) in [6.07, 6.45) is 3.93. The van der Waals surface area contributed by atoms with Crippen LogP contribution in [0.3, 0.4) is 0 Å². The Kier molecular flexibility index (Phi) is 4.78. The Balaban J connectivity index is 1.40. The average molecular weight is 396 g/mol. The third-order valence-electron chi connectivity index (χ3n) is 4.49. The molecule has 1 fully saturated rings. The van der Waals surface area contributed by atoms with Crippen LogP contribution < -0.4 is 4.90 Å². The first-order valence-corrected chi connectivity index (χ1v) is 9.27. The topological polar surface area (TPSA) is 23.8 Å². The summed E-state index contributed by atoms with van der Waals surface area (Å²) < 4.78 is 1.98. The number of hydrogen-bond acceptors (Lipinski definition) is 3. The molecular weight excluding hydrogens is 379 g/mol. The maximum Gasteiger partial charge on any atom is 0.137 e. The number of imidazole rings is 1. The number of piperazine rings is 1. The minimum atomic E-state index is 0.594. The van der Waals surface area contributed by atoms with Gasteiger partial charge in [0.25, 0.3) is 0 Å². The van der Waals surface area contributed by atoms with Gasteiger partial charge in [0.15, 0.2) is 0 Å². The summed E-state index contributed by atoms with van der Waals surface area (Å²) in [6.45, 7) is 4.71. The number of halogens is 3. The molecule has 1 aliphatic rings. The zero-order chi connectivity index (χ0) is 17.4. The van der Waals surface area contributed by atoms with Crippen LogP contribution in [0, 0.1) is 0 Å². The fourth-order valence-corrected chi connectivity index (χ4v) is 3.63. The lowest BCUT2D eigenvalue weighted by Gasteiger charge is -2.35. The number of fused-ring (bicyclic) bond motifs is 1. The highest BCUT2D eigenvalue weighted by atomic mass is 35.5. The first-order chi connectivity index (χ1) is 12.1. The van der Waals surface area contributed by atoms with Crippen molar-refractivity contribution in [3.8, 4) is 0 Å². The maximum absolute atomic E-state index is 6.13. The molecule has 130 valence electrons. The van der Waals surface area contributed by atoms with Crippen molar-refractivity contribution in [3.63, 3.8) is 0 Å². The summed E-state index contributed by atoms with van der Waals surface area (Å²) in [7, 11) is 0. The van der Waals surface area contributed by atoms with E-state index in [0.29, 0.717) is 15.1 Å². The Morgan fingerprint density at radius 1 is 0.880 bits per heavy atom. The maximum atomic E-state index is 6.13. The fraction of sp³-hybridized carbons (Fsp3) is 0.278.